The Morgan fingerprint density at radius 1 is 1.12 bits per heavy atom. The minimum atomic E-state index is -0.295. The quantitative estimate of drug-likeness (QED) is 0.826. The predicted molar refractivity (Wildman–Crippen MR) is 103 cm³/mol. The van der Waals surface area contributed by atoms with E-state index in [1.165, 1.54) is 24.0 Å². The Labute approximate surface area is 155 Å². The van der Waals surface area contributed by atoms with E-state index in [0.717, 1.165) is 26.1 Å². The third-order valence-corrected chi connectivity index (χ3v) is 3.91. The van der Waals surface area contributed by atoms with Crippen molar-refractivity contribution in [2.24, 2.45) is 0 Å². The summed E-state index contributed by atoms with van der Waals surface area (Å²) >= 11 is 0. The average Bonchev–Trinajstić information content (AvgIpc) is 2.77. The molecule has 0 spiro atoms. The number of esters is 1. The zero-order valence-corrected chi connectivity index (χ0v) is 15.2. The summed E-state index contributed by atoms with van der Waals surface area (Å²) in [6.07, 6.45) is 1.11. The van der Waals surface area contributed by atoms with E-state index in [1.807, 2.05) is 24.3 Å². The Balaban J connectivity index is 0.00000144. The van der Waals surface area contributed by atoms with Crippen LogP contribution in [-0.2, 0) is 11.3 Å². The lowest BCUT2D eigenvalue weighted by molar-refractivity contribution is 0.0600. The maximum atomic E-state index is 11.5. The van der Waals surface area contributed by atoms with Crippen molar-refractivity contribution in [3.05, 3.63) is 59.7 Å². The lowest BCUT2D eigenvalue weighted by Gasteiger charge is -2.24. The molecule has 3 rings (SSSR count). The van der Waals surface area contributed by atoms with Crippen molar-refractivity contribution >= 4 is 42.2 Å². The van der Waals surface area contributed by atoms with Gasteiger partial charge in [-0.2, -0.15) is 0 Å². The molecule has 130 valence electrons. The van der Waals surface area contributed by atoms with Crippen molar-refractivity contribution in [2.45, 2.75) is 13.0 Å². The molecule has 0 radical (unpaired) electrons. The van der Waals surface area contributed by atoms with Crippen molar-refractivity contribution in [3.63, 3.8) is 0 Å². The molecular weight excluding hydrogens is 347 g/mol. The number of rotatable bonds is 3. The fourth-order valence-corrected chi connectivity index (χ4v) is 2.76. The molecule has 6 heteroatoms. The molecular formula is C18H22Cl2N2O2. The van der Waals surface area contributed by atoms with Crippen LogP contribution in [0, 0.1) is 0 Å². The number of carbonyl (C=O) groups excluding carboxylic acids is 1. The molecule has 0 atom stereocenters. The average molecular weight is 369 g/mol. The van der Waals surface area contributed by atoms with E-state index in [-0.39, 0.29) is 30.8 Å². The highest BCUT2D eigenvalue weighted by Crippen LogP contribution is 2.29. The number of hydrogen-bond acceptors (Lipinski definition) is 4. The van der Waals surface area contributed by atoms with Gasteiger partial charge in [-0.05, 0) is 36.2 Å². The summed E-state index contributed by atoms with van der Waals surface area (Å²) in [5.74, 6) is -0.295. The number of benzene rings is 2. The number of nitrogens with one attached hydrogen (secondary N) is 1. The molecule has 0 saturated heterocycles. The number of ether oxygens (including phenoxy) is 1. The molecule has 0 fully saturated rings. The highest BCUT2D eigenvalue weighted by Gasteiger charge is 2.15. The van der Waals surface area contributed by atoms with Crippen molar-refractivity contribution in [1.82, 2.24) is 0 Å². The van der Waals surface area contributed by atoms with Gasteiger partial charge in [0.05, 0.1) is 24.0 Å². The summed E-state index contributed by atoms with van der Waals surface area (Å²) in [5.41, 5.74) is 4.19. The molecule has 0 aromatic heterocycles. The Kier molecular flexibility index (Phi) is 7.89. The fourth-order valence-electron chi connectivity index (χ4n) is 2.76. The molecule has 4 nitrogen and oxygen atoms in total. The summed E-state index contributed by atoms with van der Waals surface area (Å²) < 4.78 is 4.73. The number of carbonyl (C=O) groups is 1. The van der Waals surface area contributed by atoms with E-state index >= 15 is 0 Å². The molecule has 2 aromatic carbocycles. The predicted octanol–water partition coefficient (Wildman–Crippen LogP) is 4.14. The van der Waals surface area contributed by atoms with Gasteiger partial charge in [0.1, 0.15) is 0 Å². The van der Waals surface area contributed by atoms with E-state index in [1.54, 1.807) is 0 Å². The van der Waals surface area contributed by atoms with Gasteiger partial charge >= 0.3 is 5.97 Å². The van der Waals surface area contributed by atoms with Crippen LogP contribution in [0.1, 0.15) is 22.3 Å². The van der Waals surface area contributed by atoms with E-state index in [4.69, 9.17) is 4.74 Å². The highest BCUT2D eigenvalue weighted by atomic mass is 35.5. The van der Waals surface area contributed by atoms with Crippen LogP contribution in [0.25, 0.3) is 0 Å². The first kappa shape index (κ1) is 20.1. The van der Waals surface area contributed by atoms with Crippen LogP contribution in [0.4, 0.5) is 11.4 Å². The Morgan fingerprint density at radius 3 is 2.54 bits per heavy atom. The van der Waals surface area contributed by atoms with E-state index in [2.05, 4.69) is 34.5 Å². The SMILES string of the molecule is COC(=O)c1ccc(CN2CCCNc3ccccc32)cc1.Cl.Cl. The zero-order valence-electron chi connectivity index (χ0n) is 13.5. The molecule has 1 heterocycles. The molecule has 0 unspecified atom stereocenters. The number of methoxy groups -OCH3 is 1. The second kappa shape index (κ2) is 9.40. The molecule has 2 aromatic rings. The number of anilines is 2. The van der Waals surface area contributed by atoms with Gasteiger partial charge in [-0.15, -0.1) is 24.8 Å². The smallest absolute Gasteiger partial charge is 0.337 e. The first-order valence-electron chi connectivity index (χ1n) is 7.53. The summed E-state index contributed by atoms with van der Waals surface area (Å²) in [6, 6.07) is 16.0. The third kappa shape index (κ3) is 4.56. The summed E-state index contributed by atoms with van der Waals surface area (Å²) in [6.45, 7) is 2.84. The van der Waals surface area contributed by atoms with Crippen molar-refractivity contribution in [1.29, 1.82) is 0 Å². The standard InChI is InChI=1S/C18H20N2O2.2ClH/c1-22-18(21)15-9-7-14(8-10-15)13-20-12-4-11-19-16-5-2-3-6-17(16)20;;/h2-3,5-10,19H,4,11-13H2,1H3;2*1H. The van der Waals surface area contributed by atoms with Gasteiger partial charge in [-0.1, -0.05) is 24.3 Å². The Morgan fingerprint density at radius 2 is 1.83 bits per heavy atom. The van der Waals surface area contributed by atoms with Gasteiger partial charge < -0.3 is 15.0 Å². The lowest BCUT2D eigenvalue weighted by Crippen LogP contribution is -2.23. The number of fused-ring (bicyclic) bond motifs is 1. The Hall–Kier alpha value is -1.91. The van der Waals surface area contributed by atoms with E-state index in [9.17, 15) is 4.79 Å². The monoisotopic (exact) mass is 368 g/mol. The minimum Gasteiger partial charge on any atom is -0.465 e. The van der Waals surface area contributed by atoms with Gasteiger partial charge in [-0.25, -0.2) is 4.79 Å². The van der Waals surface area contributed by atoms with Crippen LogP contribution >= 0.6 is 24.8 Å². The maximum absolute atomic E-state index is 11.5. The molecule has 0 bridgehead atoms. The highest BCUT2D eigenvalue weighted by molar-refractivity contribution is 5.89. The molecule has 0 saturated carbocycles. The second-order valence-electron chi connectivity index (χ2n) is 5.41. The van der Waals surface area contributed by atoms with Crippen LogP contribution in [0.2, 0.25) is 0 Å². The molecule has 1 aliphatic heterocycles. The van der Waals surface area contributed by atoms with Crippen LogP contribution in [0.3, 0.4) is 0 Å². The second-order valence-corrected chi connectivity index (χ2v) is 5.41. The Bertz CT molecular complexity index is 662. The number of para-hydroxylation sites is 2. The third-order valence-electron chi connectivity index (χ3n) is 3.91. The van der Waals surface area contributed by atoms with Crippen molar-refractivity contribution in [2.75, 3.05) is 30.4 Å². The van der Waals surface area contributed by atoms with E-state index in [0.29, 0.717) is 5.56 Å². The van der Waals surface area contributed by atoms with Crippen LogP contribution in [0.5, 0.6) is 0 Å². The summed E-state index contributed by atoms with van der Waals surface area (Å²) in [5, 5.41) is 3.47. The normalized spacial score (nSPS) is 12.6. The largest absolute Gasteiger partial charge is 0.465 e. The lowest BCUT2D eigenvalue weighted by atomic mass is 10.1. The summed E-state index contributed by atoms with van der Waals surface area (Å²) in [4.78, 5) is 13.9. The summed E-state index contributed by atoms with van der Waals surface area (Å²) in [7, 11) is 1.40. The maximum Gasteiger partial charge on any atom is 0.337 e. The topological polar surface area (TPSA) is 41.6 Å². The van der Waals surface area contributed by atoms with Crippen molar-refractivity contribution in [3.8, 4) is 0 Å². The van der Waals surface area contributed by atoms with Gasteiger partial charge in [0.25, 0.3) is 0 Å². The minimum absolute atomic E-state index is 0. The zero-order chi connectivity index (χ0) is 15.4. The van der Waals surface area contributed by atoms with Crippen LogP contribution in [-0.4, -0.2) is 26.2 Å². The van der Waals surface area contributed by atoms with Gasteiger partial charge in [0, 0.05) is 19.6 Å². The first-order valence-corrected chi connectivity index (χ1v) is 7.53. The molecule has 24 heavy (non-hydrogen) atoms. The number of halogens is 2. The first-order chi connectivity index (χ1) is 10.8. The fraction of sp³-hybridized carbons (Fsp3) is 0.278. The van der Waals surface area contributed by atoms with Crippen molar-refractivity contribution < 1.29 is 9.53 Å². The molecule has 1 N–H and O–H groups in total. The van der Waals surface area contributed by atoms with Gasteiger partial charge in [0.2, 0.25) is 0 Å². The molecule has 0 aliphatic carbocycles. The number of hydrogen-bond donors (Lipinski definition) is 1. The number of nitrogens with zero attached hydrogens (tertiary/aromatic N) is 1. The van der Waals surface area contributed by atoms with Crippen LogP contribution < -0.4 is 10.2 Å². The van der Waals surface area contributed by atoms with Gasteiger partial charge in [0.15, 0.2) is 0 Å². The molecule has 0 amide bonds. The van der Waals surface area contributed by atoms with Crippen LogP contribution in [0.15, 0.2) is 48.5 Å². The van der Waals surface area contributed by atoms with Gasteiger partial charge in [-0.3, -0.25) is 0 Å². The molecule has 1 aliphatic rings. The van der Waals surface area contributed by atoms with E-state index < -0.39 is 0 Å².